The number of benzene rings is 1. The zero-order valence-corrected chi connectivity index (χ0v) is 7.53. The number of hydrogen-bond acceptors (Lipinski definition) is 3. The molecule has 0 spiro atoms. The van der Waals surface area contributed by atoms with Crippen LogP contribution in [0.3, 0.4) is 0 Å². The Balaban J connectivity index is 3.28. The van der Waals surface area contributed by atoms with Crippen LogP contribution in [-0.4, -0.2) is 28.4 Å². The first-order chi connectivity index (χ1) is 6.22. The SMILES string of the molecule is [B]c1cc(C=O)cc(OC)c1OC. The summed E-state index contributed by atoms with van der Waals surface area (Å²) in [7, 11) is 8.61. The van der Waals surface area contributed by atoms with Crippen LogP contribution in [0.2, 0.25) is 0 Å². The number of carbonyl (C=O) groups excluding carboxylic acids is 1. The normalized spacial score (nSPS) is 9.38. The Morgan fingerprint density at radius 1 is 1.31 bits per heavy atom. The van der Waals surface area contributed by atoms with Crippen LogP contribution < -0.4 is 14.9 Å². The molecule has 0 saturated carbocycles. The molecular weight excluding hydrogens is 167 g/mol. The van der Waals surface area contributed by atoms with Crippen LogP contribution >= 0.6 is 0 Å². The van der Waals surface area contributed by atoms with Gasteiger partial charge in [0.05, 0.1) is 14.2 Å². The smallest absolute Gasteiger partial charge is 0.160 e. The van der Waals surface area contributed by atoms with E-state index < -0.39 is 0 Å². The summed E-state index contributed by atoms with van der Waals surface area (Å²) in [5.41, 5.74) is 0.860. The number of rotatable bonds is 3. The summed E-state index contributed by atoms with van der Waals surface area (Å²) in [6.45, 7) is 0. The van der Waals surface area contributed by atoms with E-state index in [1.165, 1.54) is 20.3 Å². The average Bonchev–Trinajstić information content (AvgIpc) is 2.16. The molecule has 0 atom stereocenters. The fourth-order valence-corrected chi connectivity index (χ4v) is 1.08. The van der Waals surface area contributed by atoms with Crippen LogP contribution in [0.5, 0.6) is 11.5 Å². The number of methoxy groups -OCH3 is 2. The van der Waals surface area contributed by atoms with Gasteiger partial charge in [-0.1, -0.05) is 11.5 Å². The first-order valence-electron chi connectivity index (χ1n) is 3.69. The number of aldehydes is 1. The first kappa shape index (κ1) is 9.64. The topological polar surface area (TPSA) is 35.5 Å². The third kappa shape index (κ3) is 1.83. The van der Waals surface area contributed by atoms with Crippen molar-refractivity contribution >= 4 is 19.6 Å². The van der Waals surface area contributed by atoms with Crippen molar-refractivity contribution in [3.05, 3.63) is 17.7 Å². The van der Waals surface area contributed by atoms with E-state index in [1.807, 2.05) is 0 Å². The molecule has 0 aliphatic rings. The largest absolute Gasteiger partial charge is 0.493 e. The van der Waals surface area contributed by atoms with E-state index in [2.05, 4.69) is 0 Å². The lowest BCUT2D eigenvalue weighted by molar-refractivity contribution is 0.112. The lowest BCUT2D eigenvalue weighted by Crippen LogP contribution is -2.10. The standard InChI is InChI=1S/C9H9BO3/c1-12-8-4-6(5-11)3-7(10)9(8)13-2/h3-5H,1-2H3. The lowest BCUT2D eigenvalue weighted by Gasteiger charge is -2.10. The van der Waals surface area contributed by atoms with E-state index in [4.69, 9.17) is 17.3 Å². The maximum atomic E-state index is 10.5. The first-order valence-corrected chi connectivity index (χ1v) is 3.69. The van der Waals surface area contributed by atoms with Gasteiger partial charge in [0.1, 0.15) is 14.1 Å². The molecule has 66 valence electrons. The molecular formula is C9H9BO3. The van der Waals surface area contributed by atoms with E-state index in [0.29, 0.717) is 28.8 Å². The van der Waals surface area contributed by atoms with Gasteiger partial charge < -0.3 is 9.47 Å². The molecule has 2 radical (unpaired) electrons. The molecule has 1 rings (SSSR count). The molecule has 0 saturated heterocycles. The highest BCUT2D eigenvalue weighted by Crippen LogP contribution is 2.24. The summed E-state index contributed by atoms with van der Waals surface area (Å²) in [6, 6.07) is 3.11. The predicted octanol–water partition coefficient (Wildman–Crippen LogP) is 0.310. The fourth-order valence-electron chi connectivity index (χ4n) is 1.08. The van der Waals surface area contributed by atoms with E-state index in [0.717, 1.165) is 0 Å². The fraction of sp³-hybridized carbons (Fsp3) is 0.222. The van der Waals surface area contributed by atoms with E-state index >= 15 is 0 Å². The molecule has 1 aromatic rings. The maximum absolute atomic E-state index is 10.5. The number of ether oxygens (including phenoxy) is 2. The second-order valence-electron chi connectivity index (χ2n) is 2.46. The van der Waals surface area contributed by atoms with Gasteiger partial charge in [0, 0.05) is 5.56 Å². The summed E-state index contributed by atoms with van der Waals surface area (Å²) in [5, 5.41) is 0. The Kier molecular flexibility index (Phi) is 2.95. The second-order valence-corrected chi connectivity index (χ2v) is 2.46. The highest BCUT2D eigenvalue weighted by atomic mass is 16.5. The molecule has 0 fully saturated rings. The van der Waals surface area contributed by atoms with Crippen molar-refractivity contribution in [1.29, 1.82) is 0 Å². The zero-order valence-electron chi connectivity index (χ0n) is 7.53. The summed E-state index contributed by atoms with van der Waals surface area (Å²) in [4.78, 5) is 10.5. The Morgan fingerprint density at radius 2 is 2.00 bits per heavy atom. The monoisotopic (exact) mass is 176 g/mol. The maximum Gasteiger partial charge on any atom is 0.160 e. The highest BCUT2D eigenvalue weighted by Gasteiger charge is 2.07. The molecule has 0 aromatic heterocycles. The second kappa shape index (κ2) is 3.98. The van der Waals surface area contributed by atoms with E-state index in [-0.39, 0.29) is 0 Å². The molecule has 1 aromatic carbocycles. The third-order valence-electron chi connectivity index (χ3n) is 1.67. The van der Waals surface area contributed by atoms with Crippen LogP contribution in [0.4, 0.5) is 0 Å². The predicted molar refractivity (Wildman–Crippen MR) is 50.3 cm³/mol. The Bertz CT molecular complexity index is 323. The minimum absolute atomic E-state index is 0.393. The van der Waals surface area contributed by atoms with E-state index in [1.54, 1.807) is 6.07 Å². The minimum atomic E-state index is 0.393. The van der Waals surface area contributed by atoms with Crippen molar-refractivity contribution in [2.45, 2.75) is 0 Å². The quantitative estimate of drug-likeness (QED) is 0.491. The van der Waals surface area contributed by atoms with E-state index in [9.17, 15) is 4.79 Å². The molecule has 3 nitrogen and oxygen atoms in total. The molecule has 0 aliphatic heterocycles. The average molecular weight is 176 g/mol. The van der Waals surface area contributed by atoms with Gasteiger partial charge in [0.15, 0.2) is 11.5 Å². The summed E-state index contributed by atoms with van der Waals surface area (Å²) >= 11 is 0. The van der Waals surface area contributed by atoms with Gasteiger partial charge in [-0.2, -0.15) is 0 Å². The van der Waals surface area contributed by atoms with Gasteiger partial charge >= 0.3 is 0 Å². The third-order valence-corrected chi connectivity index (χ3v) is 1.67. The van der Waals surface area contributed by atoms with Crippen molar-refractivity contribution in [3.8, 4) is 11.5 Å². The highest BCUT2D eigenvalue weighted by molar-refractivity contribution is 6.35. The van der Waals surface area contributed by atoms with Crippen LogP contribution in [0.1, 0.15) is 10.4 Å². The van der Waals surface area contributed by atoms with Crippen molar-refractivity contribution in [1.82, 2.24) is 0 Å². The molecule has 4 heteroatoms. The molecule has 0 heterocycles. The molecule has 0 bridgehead atoms. The van der Waals surface area contributed by atoms with Crippen molar-refractivity contribution in [2.24, 2.45) is 0 Å². The van der Waals surface area contributed by atoms with Gasteiger partial charge in [-0.05, 0) is 6.07 Å². The zero-order chi connectivity index (χ0) is 9.84. The summed E-state index contributed by atoms with van der Waals surface area (Å²) < 4.78 is 10.00. The molecule has 0 aliphatic carbocycles. The summed E-state index contributed by atoms with van der Waals surface area (Å²) in [6.07, 6.45) is 0.707. The molecule has 0 amide bonds. The van der Waals surface area contributed by atoms with Gasteiger partial charge in [-0.3, -0.25) is 4.79 Å². The van der Waals surface area contributed by atoms with Crippen LogP contribution in [0.15, 0.2) is 12.1 Å². The van der Waals surface area contributed by atoms with Gasteiger partial charge in [-0.15, -0.1) is 0 Å². The van der Waals surface area contributed by atoms with Gasteiger partial charge in [0.2, 0.25) is 0 Å². The van der Waals surface area contributed by atoms with Crippen LogP contribution in [0.25, 0.3) is 0 Å². The molecule has 13 heavy (non-hydrogen) atoms. The molecule has 0 unspecified atom stereocenters. The van der Waals surface area contributed by atoms with Crippen molar-refractivity contribution < 1.29 is 14.3 Å². The Morgan fingerprint density at radius 3 is 2.46 bits per heavy atom. The van der Waals surface area contributed by atoms with Crippen LogP contribution in [-0.2, 0) is 0 Å². The Hall–Kier alpha value is -1.45. The van der Waals surface area contributed by atoms with Gasteiger partial charge in [0.25, 0.3) is 0 Å². The van der Waals surface area contributed by atoms with Crippen molar-refractivity contribution in [2.75, 3.05) is 14.2 Å². The molecule has 0 N–H and O–H groups in total. The lowest BCUT2D eigenvalue weighted by atomic mass is 9.93. The van der Waals surface area contributed by atoms with Gasteiger partial charge in [-0.25, -0.2) is 0 Å². The summed E-state index contributed by atoms with van der Waals surface area (Å²) in [5.74, 6) is 0.915. The minimum Gasteiger partial charge on any atom is -0.493 e. The van der Waals surface area contributed by atoms with Crippen LogP contribution in [0, 0.1) is 0 Å². The van der Waals surface area contributed by atoms with Crippen molar-refractivity contribution in [3.63, 3.8) is 0 Å². The number of carbonyl (C=O) groups is 1. The Labute approximate surface area is 78.1 Å². The number of hydrogen-bond donors (Lipinski definition) is 0.